The third-order valence-electron chi connectivity index (χ3n) is 2.54. The Bertz CT molecular complexity index is 645. The van der Waals surface area contributed by atoms with E-state index in [2.05, 4.69) is 4.98 Å². The lowest BCUT2D eigenvalue weighted by molar-refractivity contribution is 0.0526. The fraction of sp³-hybridized carbons (Fsp3) is 0.231. The maximum Gasteiger partial charge on any atom is 0.341 e. The van der Waals surface area contributed by atoms with Gasteiger partial charge in [-0.05, 0) is 19.1 Å². The summed E-state index contributed by atoms with van der Waals surface area (Å²) in [4.78, 5) is 15.7. The van der Waals surface area contributed by atoms with E-state index in [0.29, 0.717) is 10.9 Å². The summed E-state index contributed by atoms with van der Waals surface area (Å²) in [6.45, 7) is 1.93. The van der Waals surface area contributed by atoms with Crippen LogP contribution in [-0.4, -0.2) is 24.7 Å². The molecule has 0 aliphatic carbocycles. The summed E-state index contributed by atoms with van der Waals surface area (Å²) < 4.78 is 23.3. The summed E-state index contributed by atoms with van der Waals surface area (Å²) in [6, 6.07) is 4.16. The maximum absolute atomic E-state index is 13.5. The van der Waals surface area contributed by atoms with Crippen molar-refractivity contribution >= 4 is 28.5 Å². The van der Waals surface area contributed by atoms with Gasteiger partial charge < -0.3 is 9.47 Å². The van der Waals surface area contributed by atoms with Crippen LogP contribution in [-0.2, 0) is 4.74 Å². The molecule has 0 fully saturated rings. The molecular weight excluding hydrogens is 273 g/mol. The monoisotopic (exact) mass is 283 g/mol. The van der Waals surface area contributed by atoms with Crippen LogP contribution in [0.5, 0.6) is 5.75 Å². The summed E-state index contributed by atoms with van der Waals surface area (Å²) in [6.07, 6.45) is 0. The van der Waals surface area contributed by atoms with E-state index in [4.69, 9.17) is 21.1 Å². The fourth-order valence-electron chi connectivity index (χ4n) is 1.66. The van der Waals surface area contributed by atoms with Crippen LogP contribution in [0.25, 0.3) is 10.9 Å². The summed E-state index contributed by atoms with van der Waals surface area (Å²) in [5.74, 6) is -1.03. The van der Waals surface area contributed by atoms with Gasteiger partial charge in [-0.3, -0.25) is 0 Å². The summed E-state index contributed by atoms with van der Waals surface area (Å²) in [7, 11) is 1.36. The minimum Gasteiger partial charge on any atom is -0.494 e. The van der Waals surface area contributed by atoms with Gasteiger partial charge in [0.2, 0.25) is 0 Å². The molecule has 1 heterocycles. The van der Waals surface area contributed by atoms with E-state index < -0.39 is 11.8 Å². The van der Waals surface area contributed by atoms with Gasteiger partial charge in [0.25, 0.3) is 0 Å². The third kappa shape index (κ3) is 2.61. The zero-order chi connectivity index (χ0) is 14.0. The van der Waals surface area contributed by atoms with Crippen LogP contribution >= 0.6 is 11.6 Å². The first-order valence-corrected chi connectivity index (χ1v) is 5.95. The molecule has 0 saturated carbocycles. The highest BCUT2D eigenvalue weighted by molar-refractivity contribution is 6.33. The Kier molecular flexibility index (Phi) is 3.85. The molecule has 2 rings (SSSR count). The lowest BCUT2D eigenvalue weighted by atomic mass is 10.1. The van der Waals surface area contributed by atoms with E-state index in [9.17, 15) is 9.18 Å². The number of esters is 1. The van der Waals surface area contributed by atoms with E-state index in [-0.39, 0.29) is 23.1 Å². The molecule has 0 N–H and O–H groups in total. The molecular formula is C13H11ClFNO3. The number of carbonyl (C=O) groups excluding carboxylic acids is 1. The molecule has 6 heteroatoms. The van der Waals surface area contributed by atoms with Crippen molar-refractivity contribution in [3.05, 3.63) is 34.7 Å². The van der Waals surface area contributed by atoms with Crippen molar-refractivity contribution in [3.8, 4) is 5.75 Å². The molecule has 1 aromatic heterocycles. The molecule has 0 atom stereocenters. The quantitative estimate of drug-likeness (QED) is 0.641. The minimum absolute atomic E-state index is 0.0180. The van der Waals surface area contributed by atoms with Gasteiger partial charge in [-0.1, -0.05) is 11.6 Å². The van der Waals surface area contributed by atoms with Crippen molar-refractivity contribution < 1.29 is 18.7 Å². The van der Waals surface area contributed by atoms with Gasteiger partial charge in [-0.25, -0.2) is 14.2 Å². The first kappa shape index (κ1) is 13.5. The molecule has 0 amide bonds. The Morgan fingerprint density at radius 1 is 1.42 bits per heavy atom. The first-order valence-electron chi connectivity index (χ1n) is 5.57. The number of halogens is 2. The molecule has 19 heavy (non-hydrogen) atoms. The van der Waals surface area contributed by atoms with Gasteiger partial charge in [-0.15, -0.1) is 0 Å². The number of carbonyl (C=O) groups is 1. The van der Waals surface area contributed by atoms with Crippen LogP contribution in [0.3, 0.4) is 0 Å². The van der Waals surface area contributed by atoms with Gasteiger partial charge in [0, 0.05) is 11.5 Å². The van der Waals surface area contributed by atoms with Crippen LogP contribution in [0.4, 0.5) is 4.39 Å². The number of ether oxygens (including phenoxy) is 2. The van der Waals surface area contributed by atoms with Crippen LogP contribution in [0.2, 0.25) is 5.15 Å². The second-order valence-electron chi connectivity index (χ2n) is 3.73. The number of hydrogen-bond acceptors (Lipinski definition) is 4. The van der Waals surface area contributed by atoms with Crippen molar-refractivity contribution in [2.45, 2.75) is 6.92 Å². The Hall–Kier alpha value is -1.88. The number of rotatable bonds is 3. The number of fused-ring (bicyclic) bond motifs is 1. The maximum atomic E-state index is 13.5. The number of pyridine rings is 1. The number of nitrogens with zero attached hydrogens (tertiary/aromatic N) is 1. The lowest BCUT2D eigenvalue weighted by Crippen LogP contribution is -2.06. The zero-order valence-electron chi connectivity index (χ0n) is 10.4. The predicted octanol–water partition coefficient (Wildman–Crippen LogP) is 3.21. The van der Waals surface area contributed by atoms with Crippen molar-refractivity contribution in [2.24, 2.45) is 0 Å². The van der Waals surface area contributed by atoms with Gasteiger partial charge in [0.1, 0.15) is 5.15 Å². The van der Waals surface area contributed by atoms with Gasteiger partial charge in [0.15, 0.2) is 11.6 Å². The van der Waals surface area contributed by atoms with Crippen LogP contribution < -0.4 is 4.74 Å². The molecule has 0 aliphatic heterocycles. The second kappa shape index (κ2) is 5.40. The Morgan fingerprint density at radius 3 is 2.79 bits per heavy atom. The van der Waals surface area contributed by atoms with Crippen LogP contribution in [0.1, 0.15) is 17.3 Å². The highest BCUT2D eigenvalue weighted by atomic mass is 35.5. The van der Waals surface area contributed by atoms with Crippen LogP contribution in [0.15, 0.2) is 18.2 Å². The SMILES string of the molecule is CCOC(=O)c1cc2cc(OC)c(F)cc2nc1Cl. The Morgan fingerprint density at radius 2 is 2.16 bits per heavy atom. The van der Waals surface area contributed by atoms with E-state index in [1.807, 2.05) is 0 Å². The Labute approximate surface area is 114 Å². The van der Waals surface area contributed by atoms with E-state index in [0.717, 1.165) is 0 Å². The van der Waals surface area contributed by atoms with Crippen molar-refractivity contribution in [2.75, 3.05) is 13.7 Å². The standard InChI is InChI=1S/C13H11ClFNO3/c1-3-19-13(17)8-4-7-5-11(18-2)9(15)6-10(7)16-12(8)14/h4-6H,3H2,1-2H3. The zero-order valence-corrected chi connectivity index (χ0v) is 11.1. The average molecular weight is 284 g/mol. The molecule has 0 bridgehead atoms. The average Bonchev–Trinajstić information content (AvgIpc) is 2.37. The normalized spacial score (nSPS) is 10.5. The molecule has 100 valence electrons. The molecule has 1 aromatic carbocycles. The highest BCUT2D eigenvalue weighted by Crippen LogP contribution is 2.27. The largest absolute Gasteiger partial charge is 0.494 e. The number of benzene rings is 1. The van der Waals surface area contributed by atoms with Gasteiger partial charge >= 0.3 is 5.97 Å². The molecule has 0 radical (unpaired) electrons. The third-order valence-corrected chi connectivity index (χ3v) is 2.83. The lowest BCUT2D eigenvalue weighted by Gasteiger charge is -2.07. The fourth-order valence-corrected chi connectivity index (χ4v) is 1.88. The smallest absolute Gasteiger partial charge is 0.341 e. The molecule has 0 unspecified atom stereocenters. The number of aromatic nitrogens is 1. The summed E-state index contributed by atoms with van der Waals surface area (Å²) >= 11 is 5.89. The molecule has 0 spiro atoms. The van der Waals surface area contributed by atoms with E-state index in [1.54, 1.807) is 6.92 Å². The summed E-state index contributed by atoms with van der Waals surface area (Å²) in [5.41, 5.74) is 0.487. The molecule has 4 nitrogen and oxygen atoms in total. The minimum atomic E-state index is -0.565. The van der Waals surface area contributed by atoms with E-state index >= 15 is 0 Å². The van der Waals surface area contributed by atoms with Gasteiger partial charge in [0.05, 0.1) is 24.8 Å². The van der Waals surface area contributed by atoms with Crippen molar-refractivity contribution in [3.63, 3.8) is 0 Å². The Balaban J connectivity index is 2.60. The predicted molar refractivity (Wildman–Crippen MR) is 69.2 cm³/mol. The van der Waals surface area contributed by atoms with Gasteiger partial charge in [-0.2, -0.15) is 0 Å². The van der Waals surface area contributed by atoms with Crippen LogP contribution in [0, 0.1) is 5.82 Å². The van der Waals surface area contributed by atoms with Crippen molar-refractivity contribution in [1.29, 1.82) is 0 Å². The summed E-state index contributed by atoms with van der Waals surface area (Å²) in [5, 5.41) is 0.529. The first-order chi connectivity index (χ1) is 9.06. The molecule has 2 aromatic rings. The second-order valence-corrected chi connectivity index (χ2v) is 4.08. The number of methoxy groups -OCH3 is 1. The molecule has 0 saturated heterocycles. The molecule has 0 aliphatic rings. The van der Waals surface area contributed by atoms with Crippen molar-refractivity contribution in [1.82, 2.24) is 4.98 Å². The number of hydrogen-bond donors (Lipinski definition) is 0. The highest BCUT2D eigenvalue weighted by Gasteiger charge is 2.15. The van der Waals surface area contributed by atoms with E-state index in [1.165, 1.54) is 25.3 Å². The topological polar surface area (TPSA) is 48.4 Å².